The van der Waals surface area contributed by atoms with Crippen molar-refractivity contribution in [1.82, 2.24) is 9.97 Å². The maximum Gasteiger partial charge on any atom is 0.185 e. The van der Waals surface area contributed by atoms with E-state index in [9.17, 15) is 10.2 Å². The number of nitrogens with one attached hydrogen (secondary N) is 1. The molecule has 3 rings (SSSR count). The maximum atomic E-state index is 10.8. The summed E-state index contributed by atoms with van der Waals surface area (Å²) in [7, 11) is 0. The molecule has 160 valence electrons. The quantitative estimate of drug-likeness (QED) is 0.571. The molecule has 1 aromatic rings. The number of aliphatic hydroxyl groups excluding tert-OH is 1. The van der Waals surface area contributed by atoms with E-state index in [-0.39, 0.29) is 5.75 Å². The molecule has 0 aliphatic heterocycles. The Morgan fingerprint density at radius 2 is 1.90 bits per heavy atom. The predicted octanol–water partition coefficient (Wildman–Crippen LogP) is 5.84. The van der Waals surface area contributed by atoms with Crippen molar-refractivity contribution in [3.63, 3.8) is 0 Å². The van der Waals surface area contributed by atoms with E-state index in [4.69, 9.17) is 0 Å². The van der Waals surface area contributed by atoms with Gasteiger partial charge in [0.05, 0.1) is 6.10 Å². The molecule has 5 nitrogen and oxygen atoms in total. The Kier molecular flexibility index (Phi) is 8.81. The van der Waals surface area contributed by atoms with Gasteiger partial charge in [0.25, 0.3) is 0 Å². The third-order valence-electron chi connectivity index (χ3n) is 4.90. The van der Waals surface area contributed by atoms with Crippen LogP contribution < -0.4 is 5.32 Å². The van der Waals surface area contributed by atoms with Crippen LogP contribution >= 0.6 is 0 Å². The van der Waals surface area contributed by atoms with Gasteiger partial charge in [0, 0.05) is 5.70 Å². The highest BCUT2D eigenvalue weighted by Gasteiger charge is 2.16. The molecule has 2 aliphatic carbocycles. The van der Waals surface area contributed by atoms with Gasteiger partial charge >= 0.3 is 0 Å². The Hall–Kier alpha value is -2.92. The summed E-state index contributed by atoms with van der Waals surface area (Å²) in [6.45, 7) is 9.98. The van der Waals surface area contributed by atoms with Crippen LogP contribution in [-0.2, 0) is 0 Å². The van der Waals surface area contributed by atoms with E-state index in [2.05, 4.69) is 27.4 Å². The molecule has 3 N–H and O–H groups in total. The van der Waals surface area contributed by atoms with Crippen molar-refractivity contribution >= 4 is 11.4 Å². The second-order valence-electron chi connectivity index (χ2n) is 7.06. The summed E-state index contributed by atoms with van der Waals surface area (Å²) in [6.07, 6.45) is 17.2. The summed E-state index contributed by atoms with van der Waals surface area (Å²) in [5.41, 5.74) is 5.40. The topological polar surface area (TPSA) is 78.3 Å². The zero-order valence-electron chi connectivity index (χ0n) is 18.6. The maximum absolute atomic E-state index is 10.8. The molecule has 0 aromatic carbocycles. The molecule has 0 amide bonds. The minimum atomic E-state index is -0.463. The number of rotatable bonds is 5. The molecule has 1 aromatic heterocycles. The molecule has 0 spiro atoms. The van der Waals surface area contributed by atoms with E-state index in [1.54, 1.807) is 0 Å². The molecule has 1 unspecified atom stereocenters. The highest BCUT2D eigenvalue weighted by Crippen LogP contribution is 2.33. The Balaban J connectivity index is 0.00000155. The number of nitrogens with zero attached hydrogens (tertiary/aromatic N) is 2. The molecule has 0 bridgehead atoms. The van der Waals surface area contributed by atoms with Crippen LogP contribution in [0.4, 0.5) is 5.82 Å². The van der Waals surface area contributed by atoms with E-state index in [0.717, 1.165) is 28.0 Å². The molecule has 0 radical (unpaired) electrons. The lowest BCUT2D eigenvalue weighted by atomic mass is 9.99. The summed E-state index contributed by atoms with van der Waals surface area (Å²) in [4.78, 5) is 8.51. The molecule has 0 saturated heterocycles. The standard InChI is InChI=1S/C23H27N3O2.C2H6/c1-4-20(27)19-10-6-9-18(13-16(19)3)26-23-22(28)21(24-14-25-23)17-8-5-7-15(2)11-12-17;1-2/h5,7,9-14,20,27-28H,4,6,8H2,1-3H3,(H,24,25,26);1-2H3. The van der Waals surface area contributed by atoms with Gasteiger partial charge < -0.3 is 15.5 Å². The minimum Gasteiger partial charge on any atom is -0.503 e. The van der Waals surface area contributed by atoms with Crippen LogP contribution in [0.15, 0.2) is 71.3 Å². The van der Waals surface area contributed by atoms with Crippen molar-refractivity contribution in [2.45, 2.75) is 60.0 Å². The van der Waals surface area contributed by atoms with Gasteiger partial charge in [-0.15, -0.1) is 0 Å². The molecule has 1 heterocycles. The molecule has 1 atom stereocenters. The monoisotopic (exact) mass is 407 g/mol. The molecule has 2 aliphatic rings. The predicted molar refractivity (Wildman–Crippen MR) is 125 cm³/mol. The second-order valence-corrected chi connectivity index (χ2v) is 7.06. The van der Waals surface area contributed by atoms with E-state index >= 15 is 0 Å². The number of aliphatic hydroxyl groups is 1. The summed E-state index contributed by atoms with van der Waals surface area (Å²) in [5, 5.41) is 24.2. The number of hydrogen-bond donors (Lipinski definition) is 3. The van der Waals surface area contributed by atoms with Gasteiger partial charge in [0.15, 0.2) is 11.6 Å². The number of allylic oxidation sites excluding steroid dienone is 9. The Morgan fingerprint density at radius 1 is 1.13 bits per heavy atom. The molecular formula is C25H33N3O2. The van der Waals surface area contributed by atoms with Crippen molar-refractivity contribution in [2.24, 2.45) is 0 Å². The fourth-order valence-electron chi connectivity index (χ4n) is 3.30. The number of aromatic nitrogens is 2. The van der Waals surface area contributed by atoms with Crippen molar-refractivity contribution in [3.05, 3.63) is 77.0 Å². The fraction of sp³-hybridized carbons (Fsp3) is 0.360. The van der Waals surface area contributed by atoms with E-state index in [1.165, 1.54) is 6.33 Å². The smallest absolute Gasteiger partial charge is 0.185 e. The molecule has 5 heteroatoms. The van der Waals surface area contributed by atoms with Gasteiger partial charge in [0.2, 0.25) is 0 Å². The first-order valence-electron chi connectivity index (χ1n) is 10.6. The van der Waals surface area contributed by atoms with Gasteiger partial charge in [0.1, 0.15) is 12.0 Å². The first-order chi connectivity index (χ1) is 14.5. The van der Waals surface area contributed by atoms with E-state index in [0.29, 0.717) is 30.8 Å². The van der Waals surface area contributed by atoms with Gasteiger partial charge in [-0.1, -0.05) is 62.8 Å². The van der Waals surface area contributed by atoms with Crippen LogP contribution in [0, 0.1) is 0 Å². The highest BCUT2D eigenvalue weighted by molar-refractivity contribution is 5.75. The fourth-order valence-corrected chi connectivity index (χ4v) is 3.30. The Bertz CT molecular complexity index is 934. The Morgan fingerprint density at radius 3 is 2.63 bits per heavy atom. The summed E-state index contributed by atoms with van der Waals surface area (Å²) in [6, 6.07) is 0. The summed E-state index contributed by atoms with van der Waals surface area (Å²) >= 11 is 0. The molecule has 30 heavy (non-hydrogen) atoms. The van der Waals surface area contributed by atoms with Crippen LogP contribution in [0.25, 0.3) is 5.57 Å². The second kappa shape index (κ2) is 11.3. The van der Waals surface area contributed by atoms with Crippen LogP contribution in [0.5, 0.6) is 5.75 Å². The average molecular weight is 408 g/mol. The highest BCUT2D eigenvalue weighted by atomic mass is 16.3. The van der Waals surface area contributed by atoms with Gasteiger partial charge in [-0.3, -0.25) is 0 Å². The van der Waals surface area contributed by atoms with Crippen molar-refractivity contribution < 1.29 is 10.2 Å². The average Bonchev–Trinajstić information content (AvgIpc) is 3.08. The van der Waals surface area contributed by atoms with Crippen LogP contribution in [0.3, 0.4) is 0 Å². The minimum absolute atomic E-state index is 0.0353. The lowest BCUT2D eigenvalue weighted by Gasteiger charge is -2.14. The van der Waals surface area contributed by atoms with Gasteiger partial charge in [-0.2, -0.15) is 0 Å². The lowest BCUT2D eigenvalue weighted by Crippen LogP contribution is -2.09. The summed E-state index contributed by atoms with van der Waals surface area (Å²) < 4.78 is 0. The third kappa shape index (κ3) is 5.80. The molecule has 0 fully saturated rings. The zero-order valence-corrected chi connectivity index (χ0v) is 18.6. The van der Waals surface area contributed by atoms with Gasteiger partial charge in [-0.25, -0.2) is 9.97 Å². The molecule has 0 saturated carbocycles. The van der Waals surface area contributed by atoms with Crippen molar-refractivity contribution in [2.75, 3.05) is 5.32 Å². The van der Waals surface area contributed by atoms with E-state index < -0.39 is 6.10 Å². The van der Waals surface area contributed by atoms with Crippen molar-refractivity contribution in [3.8, 4) is 5.75 Å². The van der Waals surface area contributed by atoms with Crippen LogP contribution in [0.1, 0.15) is 59.6 Å². The Labute approximate surface area is 180 Å². The first kappa shape index (κ1) is 23.4. The zero-order chi connectivity index (χ0) is 22.1. The number of anilines is 1. The first-order valence-corrected chi connectivity index (χ1v) is 10.6. The lowest BCUT2D eigenvalue weighted by molar-refractivity contribution is 0.208. The van der Waals surface area contributed by atoms with Crippen LogP contribution in [-0.4, -0.2) is 26.3 Å². The largest absolute Gasteiger partial charge is 0.503 e. The SMILES string of the molecule is CC.CCC(O)C1=CCC=C(Nc2ncnc(C3=CC=C(C)C=CC3)c2O)C=C1C. The normalized spacial score (nSPS) is 17.1. The number of aromatic hydroxyl groups is 1. The van der Waals surface area contributed by atoms with E-state index in [1.807, 2.05) is 65.0 Å². The third-order valence-corrected chi connectivity index (χ3v) is 4.90. The summed E-state index contributed by atoms with van der Waals surface area (Å²) in [5.74, 6) is 0.405. The van der Waals surface area contributed by atoms with Crippen molar-refractivity contribution in [1.29, 1.82) is 0 Å². The number of hydrogen-bond acceptors (Lipinski definition) is 5. The molecular weight excluding hydrogens is 374 g/mol. The van der Waals surface area contributed by atoms with Gasteiger partial charge in [-0.05, 0) is 55.9 Å². The van der Waals surface area contributed by atoms with Crippen LogP contribution in [0.2, 0.25) is 0 Å².